The van der Waals surface area contributed by atoms with Gasteiger partial charge in [0.2, 0.25) is 0 Å². The van der Waals surface area contributed by atoms with Gasteiger partial charge in [-0.05, 0) is 43.4 Å². The summed E-state index contributed by atoms with van der Waals surface area (Å²) in [6.45, 7) is 7.94. The molecule has 0 aromatic heterocycles. The van der Waals surface area contributed by atoms with E-state index in [1.54, 1.807) is 0 Å². The normalized spacial score (nSPS) is 37.5. The molecular formula is C15H28N2. The standard InChI is InChI=1S/C15H28N2/c1-12-10-14(2,3)8-9-15(12,11-16)17-13-6-4-5-7-13/h4-5,12-13,17H,6-11,16H2,1-3H3. The van der Waals surface area contributed by atoms with E-state index in [1.807, 2.05) is 0 Å². The first-order chi connectivity index (χ1) is 7.97. The fourth-order valence-corrected chi connectivity index (χ4v) is 3.65. The van der Waals surface area contributed by atoms with E-state index in [4.69, 9.17) is 5.73 Å². The van der Waals surface area contributed by atoms with Gasteiger partial charge in [-0.3, -0.25) is 0 Å². The number of hydrogen-bond acceptors (Lipinski definition) is 2. The van der Waals surface area contributed by atoms with Gasteiger partial charge >= 0.3 is 0 Å². The number of nitrogens with one attached hydrogen (secondary N) is 1. The molecule has 0 saturated heterocycles. The molecule has 2 nitrogen and oxygen atoms in total. The smallest absolute Gasteiger partial charge is 0.0332 e. The molecule has 2 heteroatoms. The van der Waals surface area contributed by atoms with Crippen LogP contribution in [-0.4, -0.2) is 18.1 Å². The average Bonchev–Trinajstić information content (AvgIpc) is 2.74. The summed E-state index contributed by atoms with van der Waals surface area (Å²) in [4.78, 5) is 0. The highest BCUT2D eigenvalue weighted by Gasteiger charge is 2.43. The molecule has 1 saturated carbocycles. The highest BCUT2D eigenvalue weighted by atomic mass is 15.0. The SMILES string of the molecule is CC1CC(C)(C)CCC1(CN)NC1CC=CC1. The maximum atomic E-state index is 6.11. The Hall–Kier alpha value is -0.340. The van der Waals surface area contributed by atoms with Crippen molar-refractivity contribution in [2.45, 2.75) is 64.5 Å². The Bertz CT molecular complexity index is 287. The third kappa shape index (κ3) is 2.74. The molecule has 1 fully saturated rings. The lowest BCUT2D eigenvalue weighted by Gasteiger charge is -2.49. The van der Waals surface area contributed by atoms with E-state index < -0.39 is 0 Å². The molecule has 2 aliphatic carbocycles. The zero-order valence-corrected chi connectivity index (χ0v) is 11.6. The molecule has 0 amide bonds. The number of hydrogen-bond donors (Lipinski definition) is 2. The molecule has 2 atom stereocenters. The zero-order valence-electron chi connectivity index (χ0n) is 11.6. The molecule has 17 heavy (non-hydrogen) atoms. The van der Waals surface area contributed by atoms with Gasteiger partial charge in [-0.25, -0.2) is 0 Å². The molecule has 0 aromatic carbocycles. The van der Waals surface area contributed by atoms with Crippen LogP contribution in [-0.2, 0) is 0 Å². The second-order valence-corrected chi connectivity index (χ2v) is 6.91. The summed E-state index contributed by atoms with van der Waals surface area (Å²) in [6, 6.07) is 0.627. The molecule has 0 radical (unpaired) electrons. The lowest BCUT2D eigenvalue weighted by Crippen LogP contribution is -2.61. The van der Waals surface area contributed by atoms with Crippen molar-refractivity contribution < 1.29 is 0 Å². The summed E-state index contributed by atoms with van der Waals surface area (Å²) < 4.78 is 0. The molecule has 3 N–H and O–H groups in total. The van der Waals surface area contributed by atoms with Gasteiger partial charge in [0.15, 0.2) is 0 Å². The van der Waals surface area contributed by atoms with Crippen molar-refractivity contribution in [1.29, 1.82) is 0 Å². The third-order valence-electron chi connectivity index (χ3n) is 4.91. The van der Waals surface area contributed by atoms with Crippen LogP contribution in [0.15, 0.2) is 12.2 Å². The monoisotopic (exact) mass is 236 g/mol. The predicted octanol–water partition coefficient (Wildman–Crippen LogP) is 2.84. The minimum atomic E-state index is 0.187. The summed E-state index contributed by atoms with van der Waals surface area (Å²) in [6.07, 6.45) is 10.8. The van der Waals surface area contributed by atoms with Crippen LogP contribution in [0.1, 0.15) is 52.9 Å². The first-order valence-electron chi connectivity index (χ1n) is 7.10. The molecule has 2 aliphatic rings. The molecular weight excluding hydrogens is 208 g/mol. The van der Waals surface area contributed by atoms with Crippen LogP contribution in [0.2, 0.25) is 0 Å². The lowest BCUT2D eigenvalue weighted by atomic mass is 9.63. The minimum absolute atomic E-state index is 0.187. The van der Waals surface area contributed by atoms with Crippen molar-refractivity contribution in [3.8, 4) is 0 Å². The van der Waals surface area contributed by atoms with E-state index in [1.165, 1.54) is 32.1 Å². The van der Waals surface area contributed by atoms with Crippen LogP contribution >= 0.6 is 0 Å². The van der Waals surface area contributed by atoms with E-state index in [0.717, 1.165) is 6.54 Å². The van der Waals surface area contributed by atoms with Gasteiger partial charge in [0, 0.05) is 18.1 Å². The molecule has 2 unspecified atom stereocenters. The predicted molar refractivity (Wildman–Crippen MR) is 73.9 cm³/mol. The Morgan fingerprint density at radius 1 is 1.24 bits per heavy atom. The van der Waals surface area contributed by atoms with Gasteiger partial charge in [0.1, 0.15) is 0 Å². The first-order valence-corrected chi connectivity index (χ1v) is 7.10. The third-order valence-corrected chi connectivity index (χ3v) is 4.91. The van der Waals surface area contributed by atoms with Crippen LogP contribution in [0.3, 0.4) is 0 Å². The number of nitrogens with two attached hydrogens (primary N) is 1. The van der Waals surface area contributed by atoms with Crippen molar-refractivity contribution in [3.05, 3.63) is 12.2 Å². The van der Waals surface area contributed by atoms with Crippen molar-refractivity contribution in [2.75, 3.05) is 6.54 Å². The summed E-state index contributed by atoms with van der Waals surface area (Å²) >= 11 is 0. The van der Waals surface area contributed by atoms with Crippen molar-refractivity contribution >= 4 is 0 Å². The van der Waals surface area contributed by atoms with Crippen LogP contribution in [0.4, 0.5) is 0 Å². The molecule has 98 valence electrons. The van der Waals surface area contributed by atoms with E-state index >= 15 is 0 Å². The number of rotatable bonds is 3. The summed E-state index contributed by atoms with van der Waals surface area (Å²) in [5.41, 5.74) is 6.79. The quantitative estimate of drug-likeness (QED) is 0.740. The summed E-state index contributed by atoms with van der Waals surface area (Å²) in [7, 11) is 0. The molecule has 0 spiro atoms. The van der Waals surface area contributed by atoms with E-state index in [2.05, 4.69) is 38.2 Å². The van der Waals surface area contributed by atoms with Crippen LogP contribution in [0.25, 0.3) is 0 Å². The molecule has 0 bridgehead atoms. The van der Waals surface area contributed by atoms with Crippen molar-refractivity contribution in [2.24, 2.45) is 17.1 Å². The van der Waals surface area contributed by atoms with Crippen LogP contribution in [0.5, 0.6) is 0 Å². The molecule has 0 heterocycles. The Morgan fingerprint density at radius 2 is 1.88 bits per heavy atom. The molecule has 0 aliphatic heterocycles. The molecule has 2 rings (SSSR count). The van der Waals surface area contributed by atoms with E-state index in [-0.39, 0.29) is 5.54 Å². The Balaban J connectivity index is 2.03. The Morgan fingerprint density at radius 3 is 2.41 bits per heavy atom. The van der Waals surface area contributed by atoms with Gasteiger partial charge in [0.05, 0.1) is 0 Å². The Labute approximate surface area is 106 Å². The summed E-state index contributed by atoms with van der Waals surface area (Å²) in [5.74, 6) is 0.678. The van der Waals surface area contributed by atoms with Gasteiger partial charge < -0.3 is 11.1 Å². The van der Waals surface area contributed by atoms with Crippen LogP contribution in [0, 0.1) is 11.3 Å². The van der Waals surface area contributed by atoms with E-state index in [0.29, 0.717) is 17.4 Å². The average molecular weight is 236 g/mol. The maximum absolute atomic E-state index is 6.11. The van der Waals surface area contributed by atoms with Crippen LogP contribution < -0.4 is 11.1 Å². The Kier molecular flexibility index (Phi) is 3.65. The topological polar surface area (TPSA) is 38.0 Å². The van der Waals surface area contributed by atoms with E-state index in [9.17, 15) is 0 Å². The summed E-state index contributed by atoms with van der Waals surface area (Å²) in [5, 5.41) is 3.88. The second kappa shape index (κ2) is 4.74. The second-order valence-electron chi connectivity index (χ2n) is 6.91. The molecule has 0 aromatic rings. The minimum Gasteiger partial charge on any atom is -0.329 e. The maximum Gasteiger partial charge on any atom is 0.0332 e. The van der Waals surface area contributed by atoms with Gasteiger partial charge in [-0.1, -0.05) is 32.9 Å². The fraction of sp³-hybridized carbons (Fsp3) is 0.867. The van der Waals surface area contributed by atoms with Crippen molar-refractivity contribution in [1.82, 2.24) is 5.32 Å². The highest BCUT2D eigenvalue weighted by molar-refractivity contribution is 5.06. The van der Waals surface area contributed by atoms with Gasteiger partial charge in [-0.2, -0.15) is 0 Å². The largest absolute Gasteiger partial charge is 0.329 e. The van der Waals surface area contributed by atoms with Crippen molar-refractivity contribution in [3.63, 3.8) is 0 Å². The van der Waals surface area contributed by atoms with Gasteiger partial charge in [-0.15, -0.1) is 0 Å². The zero-order chi connectivity index (χ0) is 12.5. The fourth-order valence-electron chi connectivity index (χ4n) is 3.65. The van der Waals surface area contributed by atoms with Gasteiger partial charge in [0.25, 0.3) is 0 Å². The highest BCUT2D eigenvalue weighted by Crippen LogP contribution is 2.44. The lowest BCUT2D eigenvalue weighted by molar-refractivity contribution is 0.0705. The first kappa shape index (κ1) is 13.1.